The fraction of sp³-hybridized carbons (Fsp3) is 0.900. The highest BCUT2D eigenvalue weighted by Crippen LogP contribution is 2.01. The van der Waals surface area contributed by atoms with Crippen molar-refractivity contribution in [3.63, 3.8) is 0 Å². The molecule has 0 rings (SSSR count). The second kappa shape index (κ2) is 8.05. The van der Waals surface area contributed by atoms with Crippen LogP contribution in [0.25, 0.3) is 0 Å². The fourth-order valence-electron chi connectivity index (χ4n) is 1.08. The van der Waals surface area contributed by atoms with Gasteiger partial charge in [-0.1, -0.05) is 6.92 Å². The molecule has 0 aliphatic carbocycles. The Labute approximate surface area is 82.0 Å². The summed E-state index contributed by atoms with van der Waals surface area (Å²) in [6, 6.07) is 0. The summed E-state index contributed by atoms with van der Waals surface area (Å²) in [6.07, 6.45) is 1.30. The Hall–Kier alpha value is -0.570. The Morgan fingerprint density at radius 1 is 1.23 bits per heavy atom. The van der Waals surface area contributed by atoms with Gasteiger partial charge in [-0.3, -0.25) is 0 Å². The van der Waals surface area contributed by atoms with Crippen molar-refractivity contribution in [1.82, 2.24) is 0 Å². The smallest absolute Gasteiger partial charge is 0.0781 e. The van der Waals surface area contributed by atoms with Crippen molar-refractivity contribution in [3.05, 3.63) is 0 Å². The number of carboxylic acids is 1. The van der Waals surface area contributed by atoms with Crippen LogP contribution in [0.3, 0.4) is 0 Å². The van der Waals surface area contributed by atoms with Crippen LogP contribution in [-0.4, -0.2) is 37.1 Å². The van der Waals surface area contributed by atoms with Crippen LogP contribution in [0.4, 0.5) is 0 Å². The maximum atomic E-state index is 8.89. The molecule has 13 heavy (non-hydrogen) atoms. The second-order valence-electron chi connectivity index (χ2n) is 3.47. The van der Waals surface area contributed by atoms with E-state index in [-0.39, 0.29) is 0 Å². The normalized spacial score (nSPS) is 10.2. The maximum absolute atomic E-state index is 8.89. The number of nitrogens with zero attached hydrogens (tertiary/aromatic N) is 1. The molecule has 0 unspecified atom stereocenters. The molecule has 0 aromatic heterocycles. The average molecular weight is 189 g/mol. The average Bonchev–Trinajstić information content (AvgIpc) is 2.04. The lowest BCUT2D eigenvalue weighted by molar-refractivity contribution is -0.906. The number of carboxylic acid groups (broad SMARTS) is 1. The van der Waals surface area contributed by atoms with Crippen molar-refractivity contribution in [2.45, 2.75) is 34.1 Å². The minimum atomic E-state index is -1.08. The first-order valence-electron chi connectivity index (χ1n) is 4.93. The molecule has 0 fully saturated rings. The van der Waals surface area contributed by atoms with Crippen molar-refractivity contribution in [2.24, 2.45) is 0 Å². The highest BCUT2D eigenvalue weighted by Gasteiger charge is 2.13. The number of hydrogen-bond acceptors (Lipinski definition) is 2. The SMILES string of the molecule is CC(=O)[O-].CCC[N+](C)(CC)CC. The number of aliphatic carboxylic acids is 1. The van der Waals surface area contributed by atoms with Crippen LogP contribution in [0, 0.1) is 0 Å². The van der Waals surface area contributed by atoms with Crippen molar-refractivity contribution in [3.8, 4) is 0 Å². The number of rotatable bonds is 4. The summed E-state index contributed by atoms with van der Waals surface area (Å²) in [5.74, 6) is -1.08. The molecule has 3 nitrogen and oxygen atoms in total. The number of quaternary nitrogens is 1. The molecule has 0 bridgehead atoms. The van der Waals surface area contributed by atoms with E-state index < -0.39 is 5.97 Å². The van der Waals surface area contributed by atoms with Crippen molar-refractivity contribution < 1.29 is 14.4 Å². The Bertz CT molecular complexity index is 127. The molecule has 0 heterocycles. The van der Waals surface area contributed by atoms with E-state index >= 15 is 0 Å². The molecule has 0 radical (unpaired) electrons. The van der Waals surface area contributed by atoms with Crippen LogP contribution in [0.15, 0.2) is 0 Å². The molecule has 0 saturated carbocycles. The lowest BCUT2D eigenvalue weighted by Gasteiger charge is -2.31. The van der Waals surface area contributed by atoms with Crippen LogP contribution in [0.1, 0.15) is 34.1 Å². The van der Waals surface area contributed by atoms with Gasteiger partial charge in [0.1, 0.15) is 0 Å². The van der Waals surface area contributed by atoms with Crippen molar-refractivity contribution in [1.29, 1.82) is 0 Å². The van der Waals surface area contributed by atoms with Crippen molar-refractivity contribution >= 4 is 5.97 Å². The fourth-order valence-corrected chi connectivity index (χ4v) is 1.08. The van der Waals surface area contributed by atoms with Crippen LogP contribution < -0.4 is 5.11 Å². The summed E-state index contributed by atoms with van der Waals surface area (Å²) in [7, 11) is 2.32. The van der Waals surface area contributed by atoms with E-state index in [1.165, 1.54) is 30.5 Å². The molecule has 0 amide bonds. The third-order valence-corrected chi connectivity index (χ3v) is 2.29. The van der Waals surface area contributed by atoms with E-state index in [9.17, 15) is 0 Å². The van der Waals surface area contributed by atoms with Gasteiger partial charge in [0.05, 0.1) is 26.7 Å². The van der Waals surface area contributed by atoms with Gasteiger partial charge in [-0.05, 0) is 27.2 Å². The van der Waals surface area contributed by atoms with E-state index in [4.69, 9.17) is 9.90 Å². The summed E-state index contributed by atoms with van der Waals surface area (Å²) < 4.78 is 1.23. The van der Waals surface area contributed by atoms with Gasteiger partial charge in [0.25, 0.3) is 0 Å². The van der Waals surface area contributed by atoms with Gasteiger partial charge in [-0.25, -0.2) is 0 Å². The number of hydrogen-bond donors (Lipinski definition) is 0. The number of carbonyl (C=O) groups is 1. The summed E-state index contributed by atoms with van der Waals surface area (Å²) >= 11 is 0. The van der Waals surface area contributed by atoms with Gasteiger partial charge in [0, 0.05) is 5.97 Å². The van der Waals surface area contributed by atoms with Crippen molar-refractivity contribution in [2.75, 3.05) is 26.7 Å². The highest BCUT2D eigenvalue weighted by atomic mass is 16.4. The zero-order valence-electron chi connectivity index (χ0n) is 9.59. The first-order valence-corrected chi connectivity index (χ1v) is 4.93. The summed E-state index contributed by atoms with van der Waals surface area (Å²) in [4.78, 5) is 8.89. The van der Waals surface area contributed by atoms with Gasteiger partial charge in [-0.2, -0.15) is 0 Å². The molecule has 0 aromatic rings. The number of carbonyl (C=O) groups excluding carboxylic acids is 1. The molecule has 0 aliphatic heterocycles. The Kier molecular flexibility index (Phi) is 9.24. The topological polar surface area (TPSA) is 40.1 Å². The Morgan fingerprint density at radius 2 is 1.54 bits per heavy atom. The third kappa shape index (κ3) is 11.4. The zero-order valence-corrected chi connectivity index (χ0v) is 9.59. The molecule has 3 heteroatoms. The van der Waals surface area contributed by atoms with E-state index in [0.29, 0.717) is 0 Å². The van der Waals surface area contributed by atoms with E-state index in [1.54, 1.807) is 0 Å². The lowest BCUT2D eigenvalue weighted by Crippen LogP contribution is -2.43. The molecule has 0 aliphatic rings. The zero-order chi connectivity index (χ0) is 10.9. The molecule has 0 atom stereocenters. The lowest BCUT2D eigenvalue weighted by atomic mass is 10.3. The Balaban J connectivity index is 0. The monoisotopic (exact) mass is 189 g/mol. The van der Waals surface area contributed by atoms with Gasteiger partial charge >= 0.3 is 0 Å². The minimum absolute atomic E-state index is 0.972. The van der Waals surface area contributed by atoms with Gasteiger partial charge in [0.2, 0.25) is 0 Å². The van der Waals surface area contributed by atoms with Crippen LogP contribution in [-0.2, 0) is 4.79 Å². The van der Waals surface area contributed by atoms with Gasteiger partial charge in [0.15, 0.2) is 0 Å². The van der Waals surface area contributed by atoms with E-state index in [0.717, 1.165) is 6.92 Å². The summed E-state index contributed by atoms with van der Waals surface area (Å²) in [6.45, 7) is 11.6. The minimum Gasteiger partial charge on any atom is -0.550 e. The highest BCUT2D eigenvalue weighted by molar-refractivity contribution is 5.60. The molecule has 0 aromatic carbocycles. The predicted molar refractivity (Wildman–Crippen MR) is 53.1 cm³/mol. The third-order valence-electron chi connectivity index (χ3n) is 2.29. The molecule has 0 N–H and O–H groups in total. The first-order chi connectivity index (χ1) is 5.91. The summed E-state index contributed by atoms with van der Waals surface area (Å²) in [5, 5.41) is 8.89. The van der Waals surface area contributed by atoms with E-state index in [1.807, 2.05) is 0 Å². The quantitative estimate of drug-likeness (QED) is 0.609. The molecule has 0 spiro atoms. The van der Waals surface area contributed by atoms with Gasteiger partial charge in [-0.15, -0.1) is 0 Å². The molecule has 80 valence electrons. The van der Waals surface area contributed by atoms with Crippen LogP contribution >= 0.6 is 0 Å². The summed E-state index contributed by atoms with van der Waals surface area (Å²) in [5.41, 5.74) is 0. The molecule has 0 saturated heterocycles. The van der Waals surface area contributed by atoms with Gasteiger partial charge < -0.3 is 14.4 Å². The largest absolute Gasteiger partial charge is 0.550 e. The predicted octanol–water partition coefficient (Wildman–Crippen LogP) is 0.639. The van der Waals surface area contributed by atoms with E-state index in [2.05, 4.69) is 27.8 Å². The molecular formula is C10H23NO2. The Morgan fingerprint density at radius 3 is 1.62 bits per heavy atom. The van der Waals surface area contributed by atoms with Crippen LogP contribution in [0.5, 0.6) is 0 Å². The maximum Gasteiger partial charge on any atom is 0.0781 e. The van der Waals surface area contributed by atoms with Crippen LogP contribution in [0.2, 0.25) is 0 Å². The molecular weight excluding hydrogens is 166 g/mol. The standard InChI is InChI=1S/C8H20N.C2H4O2/c1-5-8-9(4,6-2)7-3;1-2(3)4/h5-8H2,1-4H3;1H3,(H,3,4)/q+1;/p-1. The first kappa shape index (κ1) is 14.9. The second-order valence-corrected chi connectivity index (χ2v) is 3.47.